The van der Waals surface area contributed by atoms with Crippen LogP contribution in [0.3, 0.4) is 0 Å². The zero-order valence-corrected chi connectivity index (χ0v) is 18.5. The first-order chi connectivity index (χ1) is 14.2. The summed E-state index contributed by atoms with van der Waals surface area (Å²) in [7, 11) is -6.88. The summed E-state index contributed by atoms with van der Waals surface area (Å²) < 4.78 is 56.4. The van der Waals surface area contributed by atoms with Crippen LogP contribution < -0.4 is 9.62 Å². The Morgan fingerprint density at radius 2 is 1.73 bits per heavy atom. The summed E-state index contributed by atoms with van der Waals surface area (Å²) in [4.78, 5) is 20.4. The Hall–Kier alpha value is -1.80. The van der Waals surface area contributed by atoms with Gasteiger partial charge in [0.2, 0.25) is 26.0 Å². The lowest BCUT2D eigenvalue weighted by Crippen LogP contribution is -2.49. The van der Waals surface area contributed by atoms with E-state index in [9.17, 15) is 21.6 Å². The van der Waals surface area contributed by atoms with Gasteiger partial charge in [0.25, 0.3) is 0 Å². The summed E-state index contributed by atoms with van der Waals surface area (Å²) in [6.45, 7) is 3.64. The number of sulfonamides is 2. The Bertz CT molecular complexity index is 937. The molecule has 1 aromatic rings. The standard InChI is InChI=1S/C17H27N5O6S2/c1-29(24,25)19-5-4-17(23)21-8-6-20(7-9-21)16-3-2-15(14-18-16)30(26,27)22-10-12-28-13-11-22/h2-3,14,19H,4-13H2,1H3. The summed E-state index contributed by atoms with van der Waals surface area (Å²) in [6.07, 6.45) is 2.54. The summed E-state index contributed by atoms with van der Waals surface area (Å²) in [5.41, 5.74) is 0. The van der Waals surface area contributed by atoms with Crippen molar-refractivity contribution < 1.29 is 26.4 Å². The van der Waals surface area contributed by atoms with Gasteiger partial charge in [0, 0.05) is 58.4 Å². The maximum absolute atomic E-state index is 12.7. The second-order valence-corrected chi connectivity index (χ2v) is 10.9. The number of nitrogens with one attached hydrogen (secondary N) is 1. The Morgan fingerprint density at radius 1 is 1.07 bits per heavy atom. The highest BCUT2D eigenvalue weighted by Gasteiger charge is 2.27. The summed E-state index contributed by atoms with van der Waals surface area (Å²) in [6, 6.07) is 3.24. The fourth-order valence-corrected chi connectivity index (χ4v) is 5.16. The number of hydrogen-bond acceptors (Lipinski definition) is 8. The molecule has 2 aliphatic heterocycles. The van der Waals surface area contributed by atoms with E-state index < -0.39 is 20.0 Å². The van der Waals surface area contributed by atoms with Crippen LogP contribution in [0, 0.1) is 0 Å². The minimum Gasteiger partial charge on any atom is -0.379 e. The highest BCUT2D eigenvalue weighted by Crippen LogP contribution is 2.20. The predicted octanol–water partition coefficient (Wildman–Crippen LogP) is -1.31. The molecule has 3 heterocycles. The van der Waals surface area contributed by atoms with Crippen molar-refractivity contribution in [3.63, 3.8) is 0 Å². The number of hydrogen-bond donors (Lipinski definition) is 1. The van der Waals surface area contributed by atoms with Crippen LogP contribution >= 0.6 is 0 Å². The molecule has 0 saturated carbocycles. The molecule has 0 atom stereocenters. The van der Waals surface area contributed by atoms with Crippen molar-refractivity contribution >= 4 is 31.8 Å². The number of morpholine rings is 1. The minimum atomic E-state index is -3.58. The third-order valence-electron chi connectivity index (χ3n) is 4.99. The smallest absolute Gasteiger partial charge is 0.244 e. The van der Waals surface area contributed by atoms with E-state index in [4.69, 9.17) is 4.74 Å². The SMILES string of the molecule is CS(=O)(=O)NCCC(=O)N1CCN(c2ccc(S(=O)(=O)N3CCOCC3)cn2)CC1. The normalized spacial score (nSPS) is 19.1. The monoisotopic (exact) mass is 461 g/mol. The Labute approximate surface area is 177 Å². The number of pyridine rings is 1. The third-order valence-corrected chi connectivity index (χ3v) is 7.60. The largest absolute Gasteiger partial charge is 0.379 e. The number of aromatic nitrogens is 1. The van der Waals surface area contributed by atoms with Crippen molar-refractivity contribution in [1.29, 1.82) is 0 Å². The van der Waals surface area contributed by atoms with Crippen molar-refractivity contribution in [2.24, 2.45) is 0 Å². The van der Waals surface area contributed by atoms with Gasteiger partial charge in [-0.25, -0.2) is 26.5 Å². The first kappa shape index (κ1) is 22.9. The molecule has 2 fully saturated rings. The average molecular weight is 462 g/mol. The second-order valence-electron chi connectivity index (χ2n) is 7.15. The van der Waals surface area contributed by atoms with Crippen molar-refractivity contribution in [2.45, 2.75) is 11.3 Å². The van der Waals surface area contributed by atoms with Crippen LogP contribution in [0.5, 0.6) is 0 Å². The van der Waals surface area contributed by atoms with Gasteiger partial charge in [0.1, 0.15) is 10.7 Å². The number of anilines is 1. The third kappa shape index (κ3) is 5.88. The van der Waals surface area contributed by atoms with Gasteiger partial charge >= 0.3 is 0 Å². The molecule has 1 amide bonds. The van der Waals surface area contributed by atoms with Gasteiger partial charge in [-0.05, 0) is 12.1 Å². The fraction of sp³-hybridized carbons (Fsp3) is 0.647. The molecule has 1 N–H and O–H groups in total. The number of rotatable bonds is 7. The zero-order valence-electron chi connectivity index (χ0n) is 16.9. The minimum absolute atomic E-state index is 0.0819. The molecule has 13 heteroatoms. The van der Waals surface area contributed by atoms with Gasteiger partial charge in [-0.2, -0.15) is 4.31 Å². The highest BCUT2D eigenvalue weighted by molar-refractivity contribution is 7.89. The van der Waals surface area contributed by atoms with E-state index in [-0.39, 0.29) is 23.8 Å². The van der Waals surface area contributed by atoms with Gasteiger partial charge in [-0.1, -0.05) is 0 Å². The average Bonchev–Trinajstić information content (AvgIpc) is 2.73. The molecule has 0 unspecified atom stereocenters. The first-order valence-electron chi connectivity index (χ1n) is 9.68. The van der Waals surface area contributed by atoms with Crippen LogP contribution in [0.25, 0.3) is 0 Å². The molecule has 11 nitrogen and oxygen atoms in total. The number of nitrogens with zero attached hydrogens (tertiary/aromatic N) is 4. The molecule has 0 aliphatic carbocycles. The number of amides is 1. The molecular formula is C17H27N5O6S2. The Kier molecular flexibility index (Phi) is 7.29. The molecule has 168 valence electrons. The van der Waals surface area contributed by atoms with E-state index in [1.807, 2.05) is 4.90 Å². The van der Waals surface area contributed by atoms with Gasteiger partial charge in [0.15, 0.2) is 0 Å². The molecule has 2 saturated heterocycles. The van der Waals surface area contributed by atoms with E-state index >= 15 is 0 Å². The van der Waals surface area contributed by atoms with Crippen LogP contribution in [0.4, 0.5) is 5.82 Å². The van der Waals surface area contributed by atoms with Crippen molar-refractivity contribution in [3.8, 4) is 0 Å². The van der Waals surface area contributed by atoms with Crippen LogP contribution in [-0.2, 0) is 29.6 Å². The number of carbonyl (C=O) groups excluding carboxylic acids is 1. The van der Waals surface area contributed by atoms with E-state index in [0.717, 1.165) is 6.26 Å². The predicted molar refractivity (Wildman–Crippen MR) is 110 cm³/mol. The number of carbonyl (C=O) groups is 1. The van der Waals surface area contributed by atoms with Gasteiger partial charge in [-0.15, -0.1) is 0 Å². The number of ether oxygens (including phenoxy) is 1. The van der Waals surface area contributed by atoms with Crippen LogP contribution in [0.15, 0.2) is 23.2 Å². The molecule has 2 aliphatic rings. The molecule has 0 aromatic carbocycles. The Morgan fingerprint density at radius 3 is 2.30 bits per heavy atom. The fourth-order valence-electron chi connectivity index (χ4n) is 3.33. The highest BCUT2D eigenvalue weighted by atomic mass is 32.2. The van der Waals surface area contributed by atoms with Crippen molar-refractivity contribution in [3.05, 3.63) is 18.3 Å². The second kappa shape index (κ2) is 9.56. The van der Waals surface area contributed by atoms with E-state index in [0.29, 0.717) is 58.3 Å². The maximum Gasteiger partial charge on any atom is 0.244 e. The van der Waals surface area contributed by atoms with Crippen molar-refractivity contribution in [1.82, 2.24) is 18.9 Å². The van der Waals surface area contributed by atoms with Gasteiger partial charge < -0.3 is 14.5 Å². The van der Waals surface area contributed by atoms with E-state index in [1.54, 1.807) is 17.0 Å². The summed E-state index contributed by atoms with van der Waals surface area (Å²) in [5.74, 6) is 0.549. The first-order valence-corrected chi connectivity index (χ1v) is 13.0. The lowest BCUT2D eigenvalue weighted by Gasteiger charge is -2.35. The lowest BCUT2D eigenvalue weighted by molar-refractivity contribution is -0.131. The lowest BCUT2D eigenvalue weighted by atomic mass is 10.2. The zero-order chi connectivity index (χ0) is 21.8. The van der Waals surface area contributed by atoms with Crippen molar-refractivity contribution in [2.75, 3.05) is 70.2 Å². The summed E-state index contributed by atoms with van der Waals surface area (Å²) >= 11 is 0. The number of piperazine rings is 1. The molecule has 0 spiro atoms. The summed E-state index contributed by atoms with van der Waals surface area (Å²) in [5, 5.41) is 0. The molecule has 0 radical (unpaired) electrons. The molecule has 1 aromatic heterocycles. The molecule has 3 rings (SSSR count). The van der Waals surface area contributed by atoms with Gasteiger partial charge in [-0.3, -0.25) is 4.79 Å². The van der Waals surface area contributed by atoms with Crippen LogP contribution in [0.2, 0.25) is 0 Å². The maximum atomic E-state index is 12.7. The van der Waals surface area contributed by atoms with Crippen LogP contribution in [-0.4, -0.2) is 102 Å². The molecule has 30 heavy (non-hydrogen) atoms. The van der Waals surface area contributed by atoms with Crippen LogP contribution in [0.1, 0.15) is 6.42 Å². The van der Waals surface area contributed by atoms with Gasteiger partial charge in [0.05, 0.1) is 19.5 Å². The molecular weight excluding hydrogens is 434 g/mol. The quantitative estimate of drug-likeness (QED) is 0.530. The van der Waals surface area contributed by atoms with E-state index in [2.05, 4.69) is 9.71 Å². The Balaban J connectivity index is 1.53. The molecule has 0 bridgehead atoms. The topological polar surface area (TPSA) is 129 Å². The van der Waals surface area contributed by atoms with E-state index in [1.165, 1.54) is 10.5 Å².